The molecular formula is C24H30N4O6S. The van der Waals surface area contributed by atoms with Gasteiger partial charge >= 0.3 is 0 Å². The molecule has 188 valence electrons. The molecule has 35 heavy (non-hydrogen) atoms. The normalized spacial score (nSPS) is 18.1. The SMILES string of the molecule is CC(C)(O)C(O)c1cnc(NC(=O)C(=NOC2CCCC2)c2ccc(S(O)(O)C3=CC3)cc2)cn1. The van der Waals surface area contributed by atoms with E-state index in [4.69, 9.17) is 4.84 Å². The molecule has 1 unspecified atom stereocenters. The average molecular weight is 503 g/mol. The maximum absolute atomic E-state index is 13.1. The monoisotopic (exact) mass is 502 g/mol. The highest BCUT2D eigenvalue weighted by molar-refractivity contribution is 8.27. The van der Waals surface area contributed by atoms with Crippen molar-refractivity contribution in [2.75, 3.05) is 5.32 Å². The van der Waals surface area contributed by atoms with Gasteiger partial charge in [0.2, 0.25) is 0 Å². The standard InChI is InChI=1S/C24H30N4O6S/c1-24(2,31)22(29)19-13-26-20(14-25-19)27-23(30)21(28-34-16-5-3-4-6-16)15-7-9-17(10-8-15)35(32,33)18-11-12-18/h7-11,13-14,16,22,29,31-33H,3-6,12H2,1-2H3,(H,26,27,30). The Morgan fingerprint density at radius 1 is 1.17 bits per heavy atom. The lowest BCUT2D eigenvalue weighted by molar-refractivity contribution is -0.110. The van der Waals surface area contributed by atoms with Crippen LogP contribution in [-0.4, -0.2) is 52.6 Å². The first-order chi connectivity index (χ1) is 16.6. The van der Waals surface area contributed by atoms with E-state index >= 15 is 0 Å². The molecule has 0 bridgehead atoms. The third-order valence-corrected chi connectivity index (χ3v) is 7.86. The topological polar surface area (TPSA) is 157 Å². The Morgan fingerprint density at radius 2 is 1.83 bits per heavy atom. The Hall–Kier alpha value is -2.83. The van der Waals surface area contributed by atoms with Crippen LogP contribution >= 0.6 is 10.6 Å². The zero-order chi connectivity index (χ0) is 25.2. The Bertz CT molecular complexity index is 1120. The van der Waals surface area contributed by atoms with Crippen LogP contribution in [0.2, 0.25) is 0 Å². The first-order valence-electron chi connectivity index (χ1n) is 11.4. The minimum absolute atomic E-state index is 0.00738. The molecule has 1 atom stereocenters. The van der Waals surface area contributed by atoms with Gasteiger partial charge in [-0.05, 0) is 51.7 Å². The average Bonchev–Trinajstić information content (AvgIpc) is 3.57. The van der Waals surface area contributed by atoms with Gasteiger partial charge in [0.15, 0.2) is 11.5 Å². The van der Waals surface area contributed by atoms with Gasteiger partial charge in [0.1, 0.15) is 12.2 Å². The molecule has 2 aliphatic rings. The molecule has 1 aromatic heterocycles. The number of amides is 1. The van der Waals surface area contributed by atoms with Crippen LogP contribution in [0.15, 0.2) is 57.7 Å². The number of benzene rings is 1. The van der Waals surface area contributed by atoms with Gasteiger partial charge in [0, 0.05) is 16.9 Å². The molecule has 0 radical (unpaired) electrons. The maximum atomic E-state index is 13.1. The van der Waals surface area contributed by atoms with Crippen molar-refractivity contribution in [1.29, 1.82) is 0 Å². The molecule has 10 nitrogen and oxygen atoms in total. The predicted molar refractivity (Wildman–Crippen MR) is 132 cm³/mol. The van der Waals surface area contributed by atoms with Crippen molar-refractivity contribution in [2.45, 2.75) is 68.7 Å². The molecule has 1 fully saturated rings. The van der Waals surface area contributed by atoms with E-state index in [1.807, 2.05) is 0 Å². The summed E-state index contributed by atoms with van der Waals surface area (Å²) in [6.45, 7) is 2.90. The smallest absolute Gasteiger partial charge is 0.279 e. The van der Waals surface area contributed by atoms with Gasteiger partial charge in [-0.2, -0.15) is 0 Å². The number of carbonyl (C=O) groups excluding carboxylic acids is 1. The number of anilines is 1. The highest BCUT2D eigenvalue weighted by Gasteiger charge is 2.29. The van der Waals surface area contributed by atoms with Gasteiger partial charge in [-0.25, -0.2) is 4.98 Å². The molecular weight excluding hydrogens is 472 g/mol. The lowest BCUT2D eigenvalue weighted by Crippen LogP contribution is -2.29. The van der Waals surface area contributed by atoms with Crippen molar-refractivity contribution in [3.8, 4) is 0 Å². The van der Waals surface area contributed by atoms with Crippen LogP contribution in [0, 0.1) is 0 Å². The molecule has 1 heterocycles. The molecule has 0 spiro atoms. The number of nitrogens with one attached hydrogen (secondary N) is 1. The number of allylic oxidation sites excluding steroid dienone is 2. The van der Waals surface area contributed by atoms with Gasteiger partial charge in [-0.3, -0.25) is 18.9 Å². The number of nitrogens with zero attached hydrogens (tertiary/aromatic N) is 3. The van der Waals surface area contributed by atoms with E-state index in [1.165, 1.54) is 26.2 Å². The van der Waals surface area contributed by atoms with Gasteiger partial charge in [0.25, 0.3) is 5.91 Å². The minimum atomic E-state index is -2.99. The number of aliphatic hydroxyl groups is 2. The number of carbonyl (C=O) groups is 1. The van der Waals surface area contributed by atoms with Gasteiger partial charge < -0.3 is 20.4 Å². The highest BCUT2D eigenvalue weighted by atomic mass is 32.3. The second kappa shape index (κ2) is 10.0. The third-order valence-electron chi connectivity index (χ3n) is 5.87. The van der Waals surface area contributed by atoms with E-state index in [-0.39, 0.29) is 23.3 Å². The molecule has 1 amide bonds. The zero-order valence-electron chi connectivity index (χ0n) is 19.6. The summed E-state index contributed by atoms with van der Waals surface area (Å²) in [5, 5.41) is 26.9. The first-order valence-corrected chi connectivity index (χ1v) is 13.0. The number of rotatable bonds is 9. The fourth-order valence-corrected chi connectivity index (χ4v) is 5.02. The van der Waals surface area contributed by atoms with E-state index in [9.17, 15) is 24.1 Å². The van der Waals surface area contributed by atoms with Crippen molar-refractivity contribution in [3.05, 3.63) is 58.9 Å². The number of hydrogen-bond donors (Lipinski definition) is 5. The van der Waals surface area contributed by atoms with Crippen LogP contribution in [-0.2, 0) is 9.63 Å². The van der Waals surface area contributed by atoms with Crippen LogP contribution in [0.1, 0.15) is 63.3 Å². The Balaban J connectivity index is 1.54. The van der Waals surface area contributed by atoms with Crippen molar-refractivity contribution in [3.63, 3.8) is 0 Å². The number of oxime groups is 1. The van der Waals surface area contributed by atoms with E-state index in [0.717, 1.165) is 25.7 Å². The van der Waals surface area contributed by atoms with Crippen molar-refractivity contribution < 1.29 is 29.0 Å². The van der Waals surface area contributed by atoms with Gasteiger partial charge in [-0.15, -0.1) is 10.6 Å². The number of hydrogen-bond acceptors (Lipinski definition) is 9. The fraction of sp³-hybridized carbons (Fsp3) is 0.417. The fourth-order valence-electron chi connectivity index (χ4n) is 3.66. The van der Waals surface area contributed by atoms with Gasteiger partial charge in [-0.1, -0.05) is 23.4 Å². The summed E-state index contributed by atoms with van der Waals surface area (Å²) in [6, 6.07) is 6.32. The zero-order valence-corrected chi connectivity index (χ0v) is 20.4. The second-order valence-corrected chi connectivity index (χ2v) is 11.3. The van der Waals surface area contributed by atoms with Crippen LogP contribution in [0.5, 0.6) is 0 Å². The van der Waals surface area contributed by atoms with Crippen LogP contribution in [0.25, 0.3) is 0 Å². The van der Waals surface area contributed by atoms with Gasteiger partial charge in [0.05, 0.1) is 28.6 Å². The molecule has 1 saturated carbocycles. The second-order valence-electron chi connectivity index (χ2n) is 9.24. The minimum Gasteiger partial charge on any atom is -0.392 e. The van der Waals surface area contributed by atoms with E-state index < -0.39 is 28.2 Å². The van der Waals surface area contributed by atoms with Crippen LogP contribution in [0.4, 0.5) is 5.82 Å². The van der Waals surface area contributed by atoms with Crippen LogP contribution in [0.3, 0.4) is 0 Å². The van der Waals surface area contributed by atoms with Crippen molar-refractivity contribution >= 4 is 28.0 Å². The largest absolute Gasteiger partial charge is 0.392 e. The summed E-state index contributed by atoms with van der Waals surface area (Å²) in [5.74, 6) is -0.459. The Morgan fingerprint density at radius 3 is 2.37 bits per heavy atom. The predicted octanol–water partition coefficient (Wildman–Crippen LogP) is 3.98. The first kappa shape index (κ1) is 25.3. The quantitative estimate of drug-likeness (QED) is 0.254. The van der Waals surface area contributed by atoms with Crippen LogP contribution < -0.4 is 5.32 Å². The molecule has 5 N–H and O–H groups in total. The maximum Gasteiger partial charge on any atom is 0.279 e. The summed E-state index contributed by atoms with van der Waals surface area (Å²) in [6.07, 6.45) is 7.42. The molecule has 2 aromatic rings. The summed E-state index contributed by atoms with van der Waals surface area (Å²) < 4.78 is 20.8. The Labute approximate surface area is 205 Å². The molecule has 0 saturated heterocycles. The molecule has 1 aromatic carbocycles. The molecule has 0 aliphatic heterocycles. The number of aliphatic hydroxyl groups excluding tert-OH is 1. The molecule has 2 aliphatic carbocycles. The number of aromatic nitrogens is 2. The van der Waals surface area contributed by atoms with E-state index in [2.05, 4.69) is 20.4 Å². The van der Waals surface area contributed by atoms with Crippen molar-refractivity contribution in [1.82, 2.24) is 9.97 Å². The molecule has 11 heteroatoms. The highest BCUT2D eigenvalue weighted by Crippen LogP contribution is 2.61. The summed E-state index contributed by atoms with van der Waals surface area (Å²) in [7, 11) is -2.99. The van der Waals surface area contributed by atoms with E-state index in [0.29, 0.717) is 21.8 Å². The van der Waals surface area contributed by atoms with E-state index in [1.54, 1.807) is 30.3 Å². The summed E-state index contributed by atoms with van der Waals surface area (Å²) in [4.78, 5) is 27.9. The third kappa shape index (κ3) is 6.06. The lowest BCUT2D eigenvalue weighted by atomic mass is 10.00. The Kier molecular flexibility index (Phi) is 7.25. The summed E-state index contributed by atoms with van der Waals surface area (Å²) in [5.41, 5.74) is -0.796. The summed E-state index contributed by atoms with van der Waals surface area (Å²) >= 11 is 0. The molecule has 4 rings (SSSR count). The lowest BCUT2D eigenvalue weighted by Gasteiger charge is -2.30. The van der Waals surface area contributed by atoms with Crippen molar-refractivity contribution in [2.24, 2.45) is 5.16 Å².